The normalized spacial score (nSPS) is 12.1. The Bertz CT molecular complexity index is 3530. The maximum Gasteiger partial charge on any atom is 0.320 e. The highest BCUT2D eigenvalue weighted by Gasteiger charge is 2.27. The van der Waals surface area contributed by atoms with Crippen LogP contribution in [0, 0.1) is 17.8 Å². The number of nitrogens with one attached hydrogen (secondary N) is 6. The van der Waals surface area contributed by atoms with Crippen LogP contribution in [0.1, 0.15) is 386 Å². The molecule has 850 valence electrons. The molecule has 0 spiro atoms. The second-order valence-electron chi connectivity index (χ2n) is 37.2. The minimum absolute atomic E-state index is 0.0603. The smallest absolute Gasteiger partial charge is 0.320 e. The Kier molecular flexibility index (Phi) is 101. The summed E-state index contributed by atoms with van der Waals surface area (Å²) >= 11 is 0. The van der Waals surface area contributed by atoms with Crippen LogP contribution in [0.5, 0.6) is 0 Å². The molecule has 0 bridgehead atoms. The molecule has 4 amide bonds. The van der Waals surface area contributed by atoms with Crippen molar-refractivity contribution in [3.8, 4) is 0 Å². The van der Waals surface area contributed by atoms with E-state index in [0.29, 0.717) is 279 Å². The van der Waals surface area contributed by atoms with E-state index in [4.69, 9.17) is 68.5 Å². The number of rotatable bonds is 110. The molecule has 0 rings (SSSR count). The molecule has 5 atom stereocenters. The molecule has 0 unspecified atom stereocenters. The molecule has 0 aromatic rings. The van der Waals surface area contributed by atoms with Crippen LogP contribution in [-0.2, 0) is 129 Å². The Morgan fingerprint density at radius 3 is 0.687 bits per heavy atom. The van der Waals surface area contributed by atoms with Gasteiger partial charge >= 0.3 is 47.8 Å². The van der Waals surface area contributed by atoms with Gasteiger partial charge in [0.15, 0.2) is 0 Å². The second kappa shape index (κ2) is 104. The third-order valence-corrected chi connectivity index (χ3v) is 24.0. The molecule has 0 saturated carbocycles. The van der Waals surface area contributed by atoms with Gasteiger partial charge in [-0.15, -0.1) is 0 Å². The standard InChI is InChI=1S/C42H70N2O15.C33H60N2O10.C31H56N2O10/c1-31(40(52)53)13-6-8-23-43-37(48)21-18-33(42(56)57)30-35(46)19-17-32(41(54)55)29-36(47)20-22-38(49)44-24-12-28-59-27-11-10-26-58-25-9-7-15-34(45)14-4-2-3-5-16-39(50)51;1-34-30(33(41)42)17-8-11-21-35-31(38)20-19-29(37)16-10-13-23-44-25-27-45-26-24-43-22-12-9-15-28(36)14-6-4-2-3-5-7-18-32(39)40;1-32-28(31(39)40)15-6-9-19-33-29(36)18-17-27(35)14-8-11-21-42-23-25-43-24-22-41-20-10-7-13-26(34)12-4-2-3-5-16-30(37)38/h31-33H,2-30H2,1H3,(H,43,48)(H,44,49)(H,50,51)(H,52,53)(H,54,55)(H,56,57);30,34H,2-27H2,1H3,(H,35,38)(H,39,40)(H,41,42);28,32H,2-25H2,1H3,(H,33,36)(H,37,38)(H,39,40)/t31-,32+,33+;30-;28-/m000/s1. The van der Waals surface area contributed by atoms with Crippen molar-refractivity contribution in [2.75, 3.05) is 146 Å². The van der Waals surface area contributed by atoms with Crippen molar-refractivity contribution in [1.29, 1.82) is 0 Å². The molecule has 41 heteroatoms. The van der Waals surface area contributed by atoms with Gasteiger partial charge in [0.2, 0.25) is 23.6 Å². The number of likely N-dealkylation sites (N-methyl/N-ethyl adjacent to an activating group) is 2. The summed E-state index contributed by atoms with van der Waals surface area (Å²) in [5.41, 5.74) is 0. The fraction of sp³-hybridized carbons (Fsp3) is 0.821. The zero-order chi connectivity index (χ0) is 110. The van der Waals surface area contributed by atoms with E-state index in [9.17, 15) is 101 Å². The summed E-state index contributed by atoms with van der Waals surface area (Å²) in [7, 11) is 3.22. The highest BCUT2D eigenvalue weighted by Crippen LogP contribution is 2.21. The Labute approximate surface area is 871 Å². The molecule has 41 nitrogen and oxygen atoms in total. The van der Waals surface area contributed by atoms with E-state index in [0.717, 1.165) is 141 Å². The predicted molar refractivity (Wildman–Crippen MR) is 549 cm³/mol. The first-order valence-corrected chi connectivity index (χ1v) is 54.1. The van der Waals surface area contributed by atoms with E-state index >= 15 is 0 Å². The van der Waals surface area contributed by atoms with Crippen molar-refractivity contribution in [3.05, 3.63) is 0 Å². The fourth-order valence-corrected chi connectivity index (χ4v) is 14.8. The van der Waals surface area contributed by atoms with Crippen LogP contribution in [0.25, 0.3) is 0 Å². The van der Waals surface area contributed by atoms with Crippen LogP contribution in [0.4, 0.5) is 0 Å². The van der Waals surface area contributed by atoms with Gasteiger partial charge in [-0.25, -0.2) is 0 Å². The van der Waals surface area contributed by atoms with Crippen LogP contribution >= 0.6 is 0 Å². The number of hydrogen-bond donors (Lipinski definition) is 14. The Morgan fingerprint density at radius 2 is 0.408 bits per heavy atom. The van der Waals surface area contributed by atoms with Crippen LogP contribution in [-0.4, -0.2) is 311 Å². The maximum absolute atomic E-state index is 12.5. The van der Waals surface area contributed by atoms with Crippen molar-refractivity contribution in [3.63, 3.8) is 0 Å². The quantitative estimate of drug-likeness (QED) is 0.0252. The summed E-state index contributed by atoms with van der Waals surface area (Å²) in [6.45, 7) is 11.6. The molecule has 0 saturated heterocycles. The molecule has 147 heavy (non-hydrogen) atoms. The number of carboxylic acid groups (broad SMARTS) is 8. The third-order valence-electron chi connectivity index (χ3n) is 24.0. The summed E-state index contributed by atoms with van der Waals surface area (Å²) in [6, 6.07) is -1.14. The number of carboxylic acids is 8. The number of Topliss-reactive ketones (excluding diaryl/α,β-unsaturated/α-hetero) is 7. The van der Waals surface area contributed by atoms with Gasteiger partial charge in [0.05, 0.1) is 70.6 Å². The summed E-state index contributed by atoms with van der Waals surface area (Å²) in [6.07, 6.45) is 31.7. The number of carbonyl (C=O) groups is 19. The lowest BCUT2D eigenvalue weighted by Crippen LogP contribution is -2.33. The first-order valence-electron chi connectivity index (χ1n) is 54.1. The lowest BCUT2D eigenvalue weighted by Gasteiger charge is -2.14. The molecule has 0 aliphatic carbocycles. The first kappa shape index (κ1) is 142. The number of carbonyl (C=O) groups excluding carboxylic acids is 11. The number of hydrogen-bond acceptors (Lipinski definition) is 29. The van der Waals surface area contributed by atoms with Gasteiger partial charge in [0.1, 0.15) is 52.6 Å². The molecule has 14 N–H and O–H groups in total. The first-order chi connectivity index (χ1) is 70.6. The van der Waals surface area contributed by atoms with Crippen LogP contribution in [0.2, 0.25) is 0 Å². The molecular weight excluding hydrogens is 1920 g/mol. The topological polar surface area (TPSA) is 632 Å². The number of unbranched alkanes of at least 4 members (excludes halogenated alkanes) is 20. The zero-order valence-corrected chi connectivity index (χ0v) is 88.8. The number of aliphatic carboxylic acids is 8. The van der Waals surface area contributed by atoms with Crippen LogP contribution in [0.15, 0.2) is 0 Å². The minimum Gasteiger partial charge on any atom is -0.481 e. The largest absolute Gasteiger partial charge is 0.481 e. The Morgan fingerprint density at radius 1 is 0.190 bits per heavy atom. The van der Waals surface area contributed by atoms with Gasteiger partial charge in [0, 0.05) is 214 Å². The van der Waals surface area contributed by atoms with Gasteiger partial charge in [-0.2, -0.15) is 0 Å². The molecule has 0 aromatic carbocycles. The van der Waals surface area contributed by atoms with E-state index in [2.05, 4.69) is 31.9 Å². The van der Waals surface area contributed by atoms with Gasteiger partial charge < -0.3 is 111 Å². The van der Waals surface area contributed by atoms with Crippen molar-refractivity contribution >= 4 is 112 Å². The summed E-state index contributed by atoms with van der Waals surface area (Å²) < 4.78 is 44.3. The maximum atomic E-state index is 12.5. The molecule has 0 radical (unpaired) electrons. The average molecular weight is 2100 g/mol. The van der Waals surface area contributed by atoms with Crippen molar-refractivity contribution < 1.29 is 170 Å². The molecule has 0 aliphatic heterocycles. The fourth-order valence-electron chi connectivity index (χ4n) is 14.8. The van der Waals surface area contributed by atoms with Crippen molar-refractivity contribution in [2.45, 2.75) is 398 Å². The summed E-state index contributed by atoms with van der Waals surface area (Å²) in [5, 5.41) is 88.2. The monoisotopic (exact) mass is 2100 g/mol. The lowest BCUT2D eigenvalue weighted by molar-refractivity contribution is -0.145. The van der Waals surface area contributed by atoms with Gasteiger partial charge in [-0.05, 0) is 200 Å². The van der Waals surface area contributed by atoms with E-state index < -0.39 is 89.2 Å². The number of ether oxygens (including phenoxy) is 8. The lowest BCUT2D eigenvalue weighted by atomic mass is 9.91. The van der Waals surface area contributed by atoms with E-state index in [1.807, 2.05) is 0 Å². The van der Waals surface area contributed by atoms with Gasteiger partial charge in [-0.1, -0.05) is 64.7 Å². The second-order valence-corrected chi connectivity index (χ2v) is 37.2. The number of ketones is 7. The predicted octanol–water partition coefficient (Wildman–Crippen LogP) is 13.3. The molecule has 0 aliphatic rings. The third kappa shape index (κ3) is 105. The molecule has 0 fully saturated rings. The van der Waals surface area contributed by atoms with E-state index in [1.54, 1.807) is 21.0 Å². The van der Waals surface area contributed by atoms with Gasteiger partial charge in [-0.3, -0.25) is 91.1 Å². The number of amides is 4. The van der Waals surface area contributed by atoms with E-state index in [1.165, 1.54) is 0 Å². The molecular formula is C106H186N6O35. The summed E-state index contributed by atoms with van der Waals surface area (Å²) in [4.78, 5) is 220. The van der Waals surface area contributed by atoms with E-state index in [-0.39, 0.29) is 143 Å². The SMILES string of the molecule is CN[C@@H](CCCCNC(=O)CCC(=O)CCCCOCCOCCOCCCCC(=O)CCCCCCC(=O)O)C(=O)O.CN[C@@H](CCCCNC(=O)CCC(=O)CCCCOCCOCCOCCCCC(=O)CCCCCCCCC(=O)O)C(=O)O.C[C@@H](CCCCNC(=O)CC[C@H](CC(=O)CC[C@H](CC(=O)CCC(=O)NCCCOCCCCOCCCCC(=O)CCCCCCC(=O)O)C(=O)O)C(=O)O)C(=O)O. The molecule has 0 heterocycles. The zero-order valence-electron chi connectivity index (χ0n) is 88.8. The van der Waals surface area contributed by atoms with Gasteiger partial charge in [0.25, 0.3) is 0 Å². The van der Waals surface area contributed by atoms with Crippen molar-refractivity contribution in [1.82, 2.24) is 31.9 Å². The van der Waals surface area contributed by atoms with Crippen LogP contribution in [0.3, 0.4) is 0 Å². The Hall–Kier alpha value is -9.07. The highest BCUT2D eigenvalue weighted by atomic mass is 16.6. The highest BCUT2D eigenvalue weighted by molar-refractivity contribution is 5.89. The summed E-state index contributed by atoms with van der Waals surface area (Å²) in [5.74, 6) is -11.3. The average Bonchev–Trinajstić information content (AvgIpc) is 0.906. The van der Waals surface area contributed by atoms with Crippen LogP contribution < -0.4 is 31.9 Å². The van der Waals surface area contributed by atoms with Crippen molar-refractivity contribution in [2.24, 2.45) is 17.8 Å². The minimum atomic E-state index is -1.27. The Balaban J connectivity index is -0.00000215. The molecule has 0 aromatic heterocycles.